The highest BCUT2D eigenvalue weighted by Crippen LogP contribution is 2.42. The molecule has 1 saturated carbocycles. The molecule has 4 aromatic rings. The number of hydrogen-bond donors (Lipinski definition) is 3. The molecular formula is C32H35FN6O2. The van der Waals surface area contributed by atoms with E-state index in [2.05, 4.69) is 20.7 Å². The van der Waals surface area contributed by atoms with Crippen molar-refractivity contribution in [2.45, 2.75) is 58.0 Å². The number of nitrogens with two attached hydrogens (primary N) is 1. The molecule has 1 atom stereocenters. The highest BCUT2D eigenvalue weighted by molar-refractivity contribution is 6.03. The number of aromatic nitrogens is 3. The maximum atomic E-state index is 15.3. The molecule has 0 radical (unpaired) electrons. The molecule has 8 nitrogen and oxygen atoms in total. The van der Waals surface area contributed by atoms with Crippen LogP contribution in [-0.4, -0.2) is 26.6 Å². The summed E-state index contributed by atoms with van der Waals surface area (Å²) in [6.07, 6.45) is 7.57. The van der Waals surface area contributed by atoms with Crippen LogP contribution in [0.15, 0.2) is 73.1 Å². The Morgan fingerprint density at radius 2 is 1.93 bits per heavy atom. The second kappa shape index (κ2) is 12.0. The third kappa shape index (κ3) is 6.20. The van der Waals surface area contributed by atoms with Crippen LogP contribution in [0.25, 0.3) is 5.69 Å². The number of carbonyl (C=O) groups excluding carboxylic acids is 2. The van der Waals surface area contributed by atoms with Gasteiger partial charge in [0, 0.05) is 30.9 Å². The van der Waals surface area contributed by atoms with E-state index in [1.807, 2.05) is 36.4 Å². The third-order valence-corrected chi connectivity index (χ3v) is 7.62. The summed E-state index contributed by atoms with van der Waals surface area (Å²) in [5.41, 5.74) is 8.84. The standard InChI is InChI=1S/C32H35FN6O2/c1-3-30(40)37-32(14-13-22-9-10-22,25-7-5-15-35-20-25)24-11-12-27(33)28(18-24)36-31(41)29-16-21(2)38-39(29)26-8-4-6-23(17-26)19-34/h4-8,11-12,15-18,20,22H,3,9-10,13-14,19,34H2,1-2H3,(H,36,41)(H,37,40). The monoisotopic (exact) mass is 554 g/mol. The van der Waals surface area contributed by atoms with E-state index in [1.54, 1.807) is 44.4 Å². The number of hydrogen-bond acceptors (Lipinski definition) is 5. The maximum Gasteiger partial charge on any atom is 0.274 e. The molecule has 9 heteroatoms. The maximum absolute atomic E-state index is 15.3. The van der Waals surface area contributed by atoms with Gasteiger partial charge in [-0.2, -0.15) is 5.10 Å². The zero-order valence-electron chi connectivity index (χ0n) is 23.4. The average Bonchev–Trinajstić information content (AvgIpc) is 3.75. The summed E-state index contributed by atoms with van der Waals surface area (Å²) in [7, 11) is 0. The van der Waals surface area contributed by atoms with E-state index < -0.39 is 17.3 Å². The smallest absolute Gasteiger partial charge is 0.274 e. The zero-order valence-corrected chi connectivity index (χ0v) is 23.4. The lowest BCUT2D eigenvalue weighted by molar-refractivity contribution is -0.122. The number of pyridine rings is 1. The predicted molar refractivity (Wildman–Crippen MR) is 156 cm³/mol. The first kappa shape index (κ1) is 28.2. The quantitative estimate of drug-likeness (QED) is 0.230. The van der Waals surface area contributed by atoms with Gasteiger partial charge in [0.15, 0.2) is 0 Å². The predicted octanol–water partition coefficient (Wildman–Crippen LogP) is 5.39. The summed E-state index contributed by atoms with van der Waals surface area (Å²) in [5.74, 6) is -0.620. The van der Waals surface area contributed by atoms with Crippen molar-refractivity contribution >= 4 is 17.5 Å². The van der Waals surface area contributed by atoms with Crippen molar-refractivity contribution in [1.82, 2.24) is 20.1 Å². The largest absolute Gasteiger partial charge is 0.342 e. The number of amides is 2. The normalized spacial score (nSPS) is 14.3. The number of halogens is 1. The Morgan fingerprint density at radius 3 is 2.63 bits per heavy atom. The fraction of sp³-hybridized carbons (Fsp3) is 0.312. The van der Waals surface area contributed by atoms with Crippen LogP contribution in [0.2, 0.25) is 0 Å². The van der Waals surface area contributed by atoms with E-state index in [4.69, 9.17) is 5.73 Å². The highest BCUT2D eigenvalue weighted by atomic mass is 19.1. The Hall–Kier alpha value is -4.37. The van der Waals surface area contributed by atoms with Gasteiger partial charge in [0.1, 0.15) is 11.5 Å². The molecule has 2 aromatic heterocycles. The van der Waals surface area contributed by atoms with Crippen LogP contribution < -0.4 is 16.4 Å². The molecule has 41 heavy (non-hydrogen) atoms. The summed E-state index contributed by atoms with van der Waals surface area (Å²) in [6, 6.07) is 17.5. The molecule has 1 aliphatic carbocycles. The van der Waals surface area contributed by atoms with Gasteiger partial charge in [-0.3, -0.25) is 14.6 Å². The molecular weight excluding hydrogens is 519 g/mol. The Bertz CT molecular complexity index is 1550. The number of anilines is 1. The Balaban J connectivity index is 1.53. The lowest BCUT2D eigenvalue weighted by Crippen LogP contribution is -2.47. The molecule has 2 aromatic carbocycles. The van der Waals surface area contributed by atoms with Crippen LogP contribution in [0.5, 0.6) is 0 Å². The molecule has 1 unspecified atom stereocenters. The Morgan fingerprint density at radius 1 is 1.10 bits per heavy atom. The van der Waals surface area contributed by atoms with Crippen LogP contribution in [-0.2, 0) is 16.9 Å². The molecule has 1 aliphatic rings. The van der Waals surface area contributed by atoms with Crippen molar-refractivity contribution < 1.29 is 14.0 Å². The number of nitrogens with zero attached hydrogens (tertiary/aromatic N) is 3. The van der Waals surface area contributed by atoms with E-state index >= 15 is 4.39 Å². The van der Waals surface area contributed by atoms with E-state index in [0.29, 0.717) is 42.2 Å². The van der Waals surface area contributed by atoms with Gasteiger partial charge in [-0.05, 0) is 73.2 Å². The molecule has 0 spiro atoms. The number of nitrogens with one attached hydrogen (secondary N) is 2. The number of carbonyl (C=O) groups is 2. The van der Waals surface area contributed by atoms with Crippen molar-refractivity contribution in [3.8, 4) is 5.69 Å². The van der Waals surface area contributed by atoms with Gasteiger partial charge in [-0.25, -0.2) is 9.07 Å². The first-order valence-electron chi connectivity index (χ1n) is 14.0. The van der Waals surface area contributed by atoms with Crippen LogP contribution in [0, 0.1) is 18.7 Å². The van der Waals surface area contributed by atoms with Crippen LogP contribution in [0.4, 0.5) is 10.1 Å². The van der Waals surface area contributed by atoms with Gasteiger partial charge < -0.3 is 16.4 Å². The summed E-state index contributed by atoms with van der Waals surface area (Å²) in [6.45, 7) is 3.94. The molecule has 2 amide bonds. The molecule has 0 aliphatic heterocycles. The first-order chi connectivity index (χ1) is 19.8. The minimum atomic E-state index is -0.932. The summed E-state index contributed by atoms with van der Waals surface area (Å²) >= 11 is 0. The molecule has 4 N–H and O–H groups in total. The Kier molecular flexibility index (Phi) is 8.26. The first-order valence-corrected chi connectivity index (χ1v) is 14.0. The average molecular weight is 555 g/mol. The van der Waals surface area contributed by atoms with Crippen molar-refractivity contribution in [2.24, 2.45) is 11.7 Å². The Labute approximate surface area is 239 Å². The van der Waals surface area contributed by atoms with E-state index in [-0.39, 0.29) is 17.3 Å². The van der Waals surface area contributed by atoms with Crippen LogP contribution in [0.1, 0.15) is 71.9 Å². The van der Waals surface area contributed by atoms with Crippen molar-refractivity contribution in [3.63, 3.8) is 0 Å². The molecule has 2 heterocycles. The number of rotatable bonds is 11. The van der Waals surface area contributed by atoms with Gasteiger partial charge >= 0.3 is 0 Å². The zero-order chi connectivity index (χ0) is 29.0. The number of benzene rings is 2. The fourth-order valence-electron chi connectivity index (χ4n) is 5.18. The van der Waals surface area contributed by atoms with Crippen molar-refractivity contribution in [2.75, 3.05) is 5.32 Å². The summed E-state index contributed by atoms with van der Waals surface area (Å²) in [5, 5.41) is 10.5. The molecule has 212 valence electrons. The van der Waals surface area contributed by atoms with E-state index in [9.17, 15) is 9.59 Å². The van der Waals surface area contributed by atoms with Crippen molar-refractivity contribution in [1.29, 1.82) is 0 Å². The lowest BCUT2D eigenvalue weighted by atomic mass is 9.78. The molecule has 5 rings (SSSR count). The molecule has 1 fully saturated rings. The summed E-state index contributed by atoms with van der Waals surface area (Å²) < 4.78 is 16.8. The molecule has 0 bridgehead atoms. The second-order valence-corrected chi connectivity index (χ2v) is 10.6. The SMILES string of the molecule is CCC(=O)NC(CCC1CC1)(c1cccnc1)c1ccc(F)c(NC(=O)c2cc(C)nn2-c2cccc(CN)c2)c1. The van der Waals surface area contributed by atoms with Gasteiger partial charge in [0.2, 0.25) is 5.91 Å². The highest BCUT2D eigenvalue weighted by Gasteiger charge is 2.38. The number of aryl methyl sites for hydroxylation is 1. The van der Waals surface area contributed by atoms with Gasteiger partial charge in [0.05, 0.1) is 22.6 Å². The topological polar surface area (TPSA) is 115 Å². The van der Waals surface area contributed by atoms with Crippen LogP contribution >= 0.6 is 0 Å². The van der Waals surface area contributed by atoms with Gasteiger partial charge in [-0.15, -0.1) is 0 Å². The van der Waals surface area contributed by atoms with Gasteiger partial charge in [0.25, 0.3) is 5.91 Å². The van der Waals surface area contributed by atoms with Gasteiger partial charge in [-0.1, -0.05) is 44.0 Å². The summed E-state index contributed by atoms with van der Waals surface area (Å²) in [4.78, 5) is 30.8. The molecule has 0 saturated heterocycles. The van der Waals surface area contributed by atoms with E-state index in [0.717, 1.165) is 30.4 Å². The minimum absolute atomic E-state index is 0.0130. The second-order valence-electron chi connectivity index (χ2n) is 10.6. The van der Waals surface area contributed by atoms with Crippen LogP contribution in [0.3, 0.4) is 0 Å². The fourth-order valence-corrected chi connectivity index (χ4v) is 5.18. The third-order valence-electron chi connectivity index (χ3n) is 7.62. The van der Waals surface area contributed by atoms with Crippen molar-refractivity contribution in [3.05, 3.63) is 107 Å². The minimum Gasteiger partial charge on any atom is -0.342 e. The lowest BCUT2D eigenvalue weighted by Gasteiger charge is -2.36. The van der Waals surface area contributed by atoms with E-state index in [1.165, 1.54) is 10.7 Å².